The van der Waals surface area contributed by atoms with E-state index in [1.165, 1.54) is 5.56 Å². The van der Waals surface area contributed by atoms with Gasteiger partial charge in [0.1, 0.15) is 11.5 Å². The van der Waals surface area contributed by atoms with Crippen molar-refractivity contribution in [3.05, 3.63) is 54.1 Å². The van der Waals surface area contributed by atoms with Gasteiger partial charge in [-0.3, -0.25) is 9.69 Å². The number of anilines is 1. The molecule has 1 saturated heterocycles. The van der Waals surface area contributed by atoms with Gasteiger partial charge in [-0.25, -0.2) is 0 Å². The molecule has 0 aliphatic carbocycles. The highest BCUT2D eigenvalue weighted by Gasteiger charge is 2.37. The van der Waals surface area contributed by atoms with Crippen LogP contribution in [0.25, 0.3) is 0 Å². The largest absolute Gasteiger partial charge is 0.497 e. The van der Waals surface area contributed by atoms with Crippen LogP contribution in [0, 0.1) is 5.92 Å². The molecule has 0 saturated carbocycles. The second-order valence-corrected chi connectivity index (χ2v) is 7.20. The summed E-state index contributed by atoms with van der Waals surface area (Å²) in [6, 6.07) is 15.5. The minimum atomic E-state index is -0.269. The summed E-state index contributed by atoms with van der Waals surface area (Å²) >= 11 is 0. The van der Waals surface area contributed by atoms with Gasteiger partial charge in [0.15, 0.2) is 0 Å². The normalized spacial score (nSPS) is 20.6. The van der Waals surface area contributed by atoms with Crippen molar-refractivity contribution in [2.45, 2.75) is 18.9 Å². The summed E-state index contributed by atoms with van der Waals surface area (Å²) in [7, 11) is 3.17. The number of hydrogen-bond acceptors (Lipinski definition) is 5. The molecule has 6 nitrogen and oxygen atoms in total. The number of rotatable bonds is 7. The first-order valence-electron chi connectivity index (χ1n) is 9.59. The van der Waals surface area contributed by atoms with Crippen molar-refractivity contribution in [1.29, 1.82) is 0 Å². The zero-order valence-corrected chi connectivity index (χ0v) is 16.7. The number of benzene rings is 2. The molecule has 0 bridgehead atoms. The van der Waals surface area contributed by atoms with Crippen LogP contribution in [0.15, 0.2) is 48.5 Å². The highest BCUT2D eigenvalue weighted by molar-refractivity contribution is 5.96. The highest BCUT2D eigenvalue weighted by atomic mass is 16.5. The van der Waals surface area contributed by atoms with Gasteiger partial charge in [-0.15, -0.1) is 0 Å². The van der Waals surface area contributed by atoms with E-state index in [4.69, 9.17) is 15.2 Å². The molecule has 0 aromatic heterocycles. The Balaban J connectivity index is 1.70. The third-order valence-corrected chi connectivity index (χ3v) is 5.59. The van der Waals surface area contributed by atoms with Crippen LogP contribution in [0.1, 0.15) is 18.4 Å². The molecule has 6 heteroatoms. The first-order valence-corrected chi connectivity index (χ1v) is 9.59. The van der Waals surface area contributed by atoms with E-state index >= 15 is 0 Å². The van der Waals surface area contributed by atoms with Crippen LogP contribution in [0.4, 0.5) is 5.69 Å². The Kier molecular flexibility index (Phi) is 6.54. The smallest absolute Gasteiger partial charge is 0.241 e. The number of nitrogens with two attached hydrogens (primary N) is 1. The zero-order chi connectivity index (χ0) is 20.1. The fourth-order valence-electron chi connectivity index (χ4n) is 3.84. The second-order valence-electron chi connectivity index (χ2n) is 7.20. The first kappa shape index (κ1) is 20.2. The predicted octanol–water partition coefficient (Wildman–Crippen LogP) is 2.71. The van der Waals surface area contributed by atoms with Crippen LogP contribution in [-0.2, 0) is 4.79 Å². The van der Waals surface area contributed by atoms with Crippen LogP contribution in [0.3, 0.4) is 0 Å². The van der Waals surface area contributed by atoms with Crippen LogP contribution in [0.2, 0.25) is 0 Å². The Morgan fingerprint density at radius 2 is 1.93 bits per heavy atom. The molecule has 3 N–H and O–H groups in total. The lowest BCUT2D eigenvalue weighted by molar-refractivity contribution is -0.120. The zero-order valence-electron chi connectivity index (χ0n) is 16.7. The number of nitrogens with zero attached hydrogens (tertiary/aromatic N) is 1. The molecule has 3 rings (SSSR count). The van der Waals surface area contributed by atoms with Gasteiger partial charge in [-0.05, 0) is 37.1 Å². The van der Waals surface area contributed by atoms with E-state index in [0.29, 0.717) is 35.6 Å². The van der Waals surface area contributed by atoms with Crippen molar-refractivity contribution in [2.24, 2.45) is 11.7 Å². The Bertz CT molecular complexity index is 797. The van der Waals surface area contributed by atoms with E-state index in [9.17, 15) is 4.79 Å². The maximum Gasteiger partial charge on any atom is 0.241 e. The number of methoxy groups -OCH3 is 2. The summed E-state index contributed by atoms with van der Waals surface area (Å²) in [5.74, 6) is 1.88. The van der Waals surface area contributed by atoms with Crippen LogP contribution >= 0.6 is 0 Å². The lowest BCUT2D eigenvalue weighted by atomic mass is 9.89. The number of carbonyl (C=O) groups excluding carboxylic acids is 1. The second kappa shape index (κ2) is 9.08. The lowest BCUT2D eigenvalue weighted by Crippen LogP contribution is -2.41. The number of likely N-dealkylation sites (tertiary alicyclic amines) is 1. The molecule has 28 heavy (non-hydrogen) atoms. The van der Waals surface area contributed by atoms with Crippen molar-refractivity contribution >= 4 is 11.6 Å². The summed E-state index contributed by atoms with van der Waals surface area (Å²) in [6.07, 6.45) is 0. The van der Waals surface area contributed by atoms with E-state index in [1.54, 1.807) is 32.4 Å². The Labute approximate surface area is 166 Å². The van der Waals surface area contributed by atoms with Crippen LogP contribution < -0.4 is 20.5 Å². The molecule has 0 spiro atoms. The molecule has 1 unspecified atom stereocenters. The molecule has 1 aliphatic rings. The summed E-state index contributed by atoms with van der Waals surface area (Å²) < 4.78 is 10.6. The van der Waals surface area contributed by atoms with Gasteiger partial charge in [0.05, 0.1) is 25.9 Å². The van der Waals surface area contributed by atoms with Gasteiger partial charge in [0.2, 0.25) is 5.91 Å². The standard InChI is InChI=1S/C22H29N3O3/c1-15(22(26)24-20-10-9-18(27-2)11-21(20)28-3)25-13-17(12-23)19(14-25)16-7-5-4-6-8-16/h4-11,15,17,19H,12-14,23H2,1-3H3,(H,24,26)/t15?,17-,19+/m1/s1. The summed E-state index contributed by atoms with van der Waals surface area (Å²) in [6.45, 7) is 4.17. The fraction of sp³-hybridized carbons (Fsp3) is 0.409. The summed E-state index contributed by atoms with van der Waals surface area (Å²) in [5, 5.41) is 2.98. The van der Waals surface area contributed by atoms with E-state index in [1.807, 2.05) is 13.0 Å². The molecule has 1 aliphatic heterocycles. The SMILES string of the molecule is COc1ccc(NC(=O)C(C)N2C[C@@H](CN)[C@H](c3ccccc3)C2)c(OC)c1. The van der Waals surface area contributed by atoms with E-state index in [-0.39, 0.29) is 11.9 Å². The van der Waals surface area contributed by atoms with Gasteiger partial charge in [0.25, 0.3) is 0 Å². The molecule has 1 fully saturated rings. The quantitative estimate of drug-likeness (QED) is 0.769. The molecule has 150 valence electrons. The van der Waals surface area contributed by atoms with Gasteiger partial charge in [-0.2, -0.15) is 0 Å². The van der Waals surface area contributed by atoms with Crippen LogP contribution in [-0.4, -0.2) is 50.7 Å². The minimum absolute atomic E-state index is 0.0621. The van der Waals surface area contributed by atoms with E-state index < -0.39 is 0 Å². The molecule has 1 heterocycles. The van der Waals surface area contributed by atoms with Gasteiger partial charge in [-0.1, -0.05) is 30.3 Å². The van der Waals surface area contributed by atoms with Crippen molar-refractivity contribution in [3.63, 3.8) is 0 Å². The van der Waals surface area contributed by atoms with Gasteiger partial charge >= 0.3 is 0 Å². The van der Waals surface area contributed by atoms with Crippen molar-refractivity contribution in [3.8, 4) is 11.5 Å². The summed E-state index contributed by atoms with van der Waals surface area (Å²) in [5.41, 5.74) is 7.95. The fourth-order valence-corrected chi connectivity index (χ4v) is 3.84. The number of carbonyl (C=O) groups is 1. The average molecular weight is 383 g/mol. The molecule has 2 aromatic carbocycles. The third kappa shape index (κ3) is 4.29. The Morgan fingerprint density at radius 3 is 2.57 bits per heavy atom. The monoisotopic (exact) mass is 383 g/mol. The Hall–Kier alpha value is -2.57. The van der Waals surface area contributed by atoms with Crippen molar-refractivity contribution in [2.75, 3.05) is 39.2 Å². The minimum Gasteiger partial charge on any atom is -0.497 e. The molecular formula is C22H29N3O3. The summed E-state index contributed by atoms with van der Waals surface area (Å²) in [4.78, 5) is 15.1. The van der Waals surface area contributed by atoms with Gasteiger partial charge < -0.3 is 20.5 Å². The maximum absolute atomic E-state index is 12.9. The molecular weight excluding hydrogens is 354 g/mol. The topological polar surface area (TPSA) is 76.8 Å². The van der Waals surface area contributed by atoms with E-state index in [0.717, 1.165) is 13.1 Å². The average Bonchev–Trinajstić information content (AvgIpc) is 3.18. The third-order valence-electron chi connectivity index (χ3n) is 5.59. The molecule has 1 amide bonds. The number of ether oxygens (including phenoxy) is 2. The molecule has 2 aromatic rings. The lowest BCUT2D eigenvalue weighted by Gasteiger charge is -2.24. The maximum atomic E-state index is 12.9. The van der Waals surface area contributed by atoms with Crippen LogP contribution in [0.5, 0.6) is 11.5 Å². The number of amides is 1. The van der Waals surface area contributed by atoms with Crippen molar-refractivity contribution < 1.29 is 14.3 Å². The number of nitrogens with one attached hydrogen (secondary N) is 1. The van der Waals surface area contributed by atoms with E-state index in [2.05, 4.69) is 34.5 Å². The number of hydrogen-bond donors (Lipinski definition) is 2. The first-order chi connectivity index (χ1) is 13.6. The molecule has 3 atom stereocenters. The van der Waals surface area contributed by atoms with Gasteiger partial charge in [0, 0.05) is 25.1 Å². The van der Waals surface area contributed by atoms with Crippen molar-refractivity contribution in [1.82, 2.24) is 4.90 Å². The Morgan fingerprint density at radius 1 is 1.18 bits per heavy atom. The molecule has 0 radical (unpaired) electrons. The predicted molar refractivity (Wildman–Crippen MR) is 111 cm³/mol. The highest BCUT2D eigenvalue weighted by Crippen LogP contribution is 2.34.